The lowest BCUT2D eigenvalue weighted by Gasteiger charge is -2.05. The van der Waals surface area contributed by atoms with E-state index in [2.05, 4.69) is 36.5 Å². The van der Waals surface area contributed by atoms with Crippen LogP contribution in [-0.4, -0.2) is 23.1 Å². The van der Waals surface area contributed by atoms with Crippen LogP contribution in [0.5, 0.6) is 0 Å². The van der Waals surface area contributed by atoms with Crippen molar-refractivity contribution >= 4 is 55.6 Å². The molecule has 0 fully saturated rings. The SMILES string of the molecule is Cc1c(CNCCCNc2nc3cscc3[nH]2)sc(C(F)F)c1Br. The van der Waals surface area contributed by atoms with Crippen molar-refractivity contribution in [3.8, 4) is 0 Å². The molecule has 0 unspecified atom stereocenters. The Morgan fingerprint density at radius 1 is 1.33 bits per heavy atom. The molecule has 0 spiro atoms. The molecule has 0 aliphatic heterocycles. The van der Waals surface area contributed by atoms with Gasteiger partial charge in [0.2, 0.25) is 5.95 Å². The summed E-state index contributed by atoms with van der Waals surface area (Å²) in [5.41, 5.74) is 2.93. The van der Waals surface area contributed by atoms with Crippen LogP contribution < -0.4 is 10.6 Å². The van der Waals surface area contributed by atoms with Gasteiger partial charge in [-0.25, -0.2) is 13.8 Å². The van der Waals surface area contributed by atoms with Crippen LogP contribution in [0.15, 0.2) is 15.2 Å². The molecule has 130 valence electrons. The minimum absolute atomic E-state index is 0.114. The van der Waals surface area contributed by atoms with Crippen molar-refractivity contribution in [3.63, 3.8) is 0 Å². The zero-order valence-corrected chi connectivity index (χ0v) is 16.2. The van der Waals surface area contributed by atoms with Crippen LogP contribution in [0.1, 0.15) is 28.2 Å². The number of anilines is 1. The van der Waals surface area contributed by atoms with E-state index in [9.17, 15) is 8.78 Å². The van der Waals surface area contributed by atoms with Gasteiger partial charge in [-0.1, -0.05) is 0 Å². The summed E-state index contributed by atoms with van der Waals surface area (Å²) in [4.78, 5) is 8.71. The maximum atomic E-state index is 12.9. The van der Waals surface area contributed by atoms with Crippen LogP contribution >= 0.6 is 38.6 Å². The number of aromatic amines is 1. The van der Waals surface area contributed by atoms with E-state index >= 15 is 0 Å². The molecule has 0 radical (unpaired) electrons. The van der Waals surface area contributed by atoms with Crippen LogP contribution in [0, 0.1) is 6.92 Å². The van der Waals surface area contributed by atoms with Crippen molar-refractivity contribution in [2.24, 2.45) is 0 Å². The first-order chi connectivity index (χ1) is 11.6. The van der Waals surface area contributed by atoms with Crippen LogP contribution in [-0.2, 0) is 6.54 Å². The fraction of sp³-hybridized carbons (Fsp3) is 0.400. The van der Waals surface area contributed by atoms with E-state index in [-0.39, 0.29) is 4.88 Å². The second kappa shape index (κ2) is 7.90. The second-order valence-corrected chi connectivity index (χ2v) is 8.02. The Balaban J connectivity index is 1.39. The monoisotopic (exact) mass is 434 g/mol. The summed E-state index contributed by atoms with van der Waals surface area (Å²) in [6, 6.07) is 0. The Kier molecular flexibility index (Phi) is 5.85. The average molecular weight is 435 g/mol. The lowest BCUT2D eigenvalue weighted by molar-refractivity contribution is 0.155. The Morgan fingerprint density at radius 2 is 2.17 bits per heavy atom. The first kappa shape index (κ1) is 17.8. The predicted molar refractivity (Wildman–Crippen MR) is 100 cm³/mol. The summed E-state index contributed by atoms with van der Waals surface area (Å²) in [5.74, 6) is 0.785. The number of hydrogen-bond acceptors (Lipinski definition) is 5. The van der Waals surface area contributed by atoms with E-state index in [4.69, 9.17) is 0 Å². The maximum absolute atomic E-state index is 12.9. The zero-order valence-electron chi connectivity index (χ0n) is 13.0. The van der Waals surface area contributed by atoms with Crippen molar-refractivity contribution in [1.82, 2.24) is 15.3 Å². The fourth-order valence-electron chi connectivity index (χ4n) is 2.32. The minimum atomic E-state index is -2.43. The third-order valence-electron chi connectivity index (χ3n) is 3.63. The van der Waals surface area contributed by atoms with Crippen molar-refractivity contribution in [2.75, 3.05) is 18.4 Å². The molecule has 0 saturated heterocycles. The first-order valence-corrected chi connectivity index (χ1v) is 10.0. The molecule has 4 nitrogen and oxygen atoms in total. The van der Waals surface area contributed by atoms with Crippen molar-refractivity contribution in [2.45, 2.75) is 26.3 Å². The van der Waals surface area contributed by atoms with Crippen molar-refractivity contribution in [1.29, 1.82) is 0 Å². The Hall–Kier alpha value is -1.03. The Bertz CT molecular complexity index is 783. The van der Waals surface area contributed by atoms with Crippen LogP contribution in [0.2, 0.25) is 0 Å². The average Bonchev–Trinajstić information content (AvgIpc) is 3.19. The molecule has 3 rings (SSSR count). The number of thiophene rings is 2. The van der Waals surface area contributed by atoms with Gasteiger partial charge >= 0.3 is 0 Å². The van der Waals surface area contributed by atoms with E-state index in [1.807, 2.05) is 17.7 Å². The van der Waals surface area contributed by atoms with E-state index < -0.39 is 6.43 Å². The molecule has 0 bridgehead atoms. The van der Waals surface area contributed by atoms with Gasteiger partial charge in [0.25, 0.3) is 6.43 Å². The molecule has 0 amide bonds. The number of imidazole rings is 1. The molecule has 0 saturated carbocycles. The van der Waals surface area contributed by atoms with Gasteiger partial charge in [0, 0.05) is 33.2 Å². The van der Waals surface area contributed by atoms with Gasteiger partial charge in [-0.05, 0) is 41.4 Å². The molecule has 0 aromatic carbocycles. The highest BCUT2D eigenvalue weighted by atomic mass is 79.9. The van der Waals surface area contributed by atoms with E-state index in [0.29, 0.717) is 11.0 Å². The molecule has 9 heteroatoms. The number of fused-ring (bicyclic) bond motifs is 1. The number of H-pyrrole nitrogens is 1. The highest BCUT2D eigenvalue weighted by Crippen LogP contribution is 2.38. The standard InChI is InChI=1S/C15H17BrF2N4S2/c1-8-11(24-13(12(8)16)14(17)18)5-19-3-2-4-20-15-21-9-6-23-7-10(9)22-15/h6-7,14,19H,2-5H2,1H3,(H2,20,21,22). The molecular formula is C15H17BrF2N4S2. The van der Waals surface area contributed by atoms with Crippen LogP contribution in [0.3, 0.4) is 0 Å². The lowest BCUT2D eigenvalue weighted by Crippen LogP contribution is -2.17. The number of aromatic nitrogens is 2. The minimum Gasteiger partial charge on any atom is -0.356 e. The molecule has 3 aromatic heterocycles. The van der Waals surface area contributed by atoms with Gasteiger partial charge in [0.15, 0.2) is 0 Å². The molecule has 0 atom stereocenters. The van der Waals surface area contributed by atoms with Crippen LogP contribution in [0.4, 0.5) is 14.7 Å². The maximum Gasteiger partial charge on any atom is 0.273 e. The van der Waals surface area contributed by atoms with Gasteiger partial charge < -0.3 is 15.6 Å². The molecule has 3 aromatic rings. The van der Waals surface area contributed by atoms with E-state index in [1.54, 1.807) is 11.3 Å². The quantitative estimate of drug-likeness (QED) is 0.422. The van der Waals surface area contributed by atoms with Gasteiger partial charge in [-0.15, -0.1) is 22.7 Å². The molecular weight excluding hydrogens is 418 g/mol. The molecule has 24 heavy (non-hydrogen) atoms. The number of halogens is 3. The number of hydrogen-bond donors (Lipinski definition) is 3. The summed E-state index contributed by atoms with van der Waals surface area (Å²) >= 11 is 6.05. The first-order valence-electron chi connectivity index (χ1n) is 7.48. The molecule has 3 heterocycles. The predicted octanol–water partition coefficient (Wildman–Crippen LogP) is 5.29. The van der Waals surface area contributed by atoms with Gasteiger partial charge in [-0.3, -0.25) is 0 Å². The fourth-order valence-corrected chi connectivity index (χ4v) is 4.83. The number of nitrogens with one attached hydrogen (secondary N) is 3. The normalized spacial score (nSPS) is 11.7. The van der Waals surface area contributed by atoms with Crippen molar-refractivity contribution in [3.05, 3.63) is 30.6 Å². The summed E-state index contributed by atoms with van der Waals surface area (Å²) in [5, 5.41) is 10.6. The van der Waals surface area contributed by atoms with Crippen molar-refractivity contribution < 1.29 is 8.78 Å². The zero-order chi connectivity index (χ0) is 17.1. The third kappa shape index (κ3) is 3.96. The Morgan fingerprint density at radius 3 is 2.88 bits per heavy atom. The number of rotatable bonds is 8. The largest absolute Gasteiger partial charge is 0.356 e. The van der Waals surface area contributed by atoms with Gasteiger partial charge in [0.05, 0.1) is 10.4 Å². The molecule has 3 N–H and O–H groups in total. The van der Waals surface area contributed by atoms with E-state index in [1.165, 1.54) is 11.3 Å². The smallest absolute Gasteiger partial charge is 0.273 e. The Labute approximate surface area is 154 Å². The summed E-state index contributed by atoms with van der Waals surface area (Å²) in [6.45, 7) is 4.08. The highest BCUT2D eigenvalue weighted by molar-refractivity contribution is 9.10. The summed E-state index contributed by atoms with van der Waals surface area (Å²) in [6.07, 6.45) is -1.51. The van der Waals surface area contributed by atoms with Gasteiger partial charge in [0.1, 0.15) is 5.52 Å². The highest BCUT2D eigenvalue weighted by Gasteiger charge is 2.19. The molecule has 0 aliphatic rings. The molecule has 0 aliphatic carbocycles. The summed E-state index contributed by atoms with van der Waals surface area (Å²) in [7, 11) is 0. The van der Waals surface area contributed by atoms with E-state index in [0.717, 1.165) is 46.9 Å². The lowest BCUT2D eigenvalue weighted by atomic mass is 10.2. The topological polar surface area (TPSA) is 52.7 Å². The number of nitrogens with zero attached hydrogens (tertiary/aromatic N) is 1. The second-order valence-electron chi connectivity index (χ2n) is 5.34. The van der Waals surface area contributed by atoms with Gasteiger partial charge in [-0.2, -0.15) is 0 Å². The van der Waals surface area contributed by atoms with Crippen LogP contribution in [0.25, 0.3) is 11.0 Å². The number of alkyl halides is 2. The third-order valence-corrected chi connectivity index (χ3v) is 6.94. The summed E-state index contributed by atoms with van der Waals surface area (Å²) < 4.78 is 26.3.